The van der Waals surface area contributed by atoms with Crippen LogP contribution in [-0.2, 0) is 18.0 Å². The normalized spacial score (nSPS) is 10.9. The zero-order valence-corrected chi connectivity index (χ0v) is 22.9. The summed E-state index contributed by atoms with van der Waals surface area (Å²) >= 11 is 12.9. The third-order valence-corrected chi connectivity index (χ3v) is 6.23. The first-order valence-corrected chi connectivity index (χ1v) is 12.8. The molecule has 0 atom stereocenters. The van der Waals surface area contributed by atoms with Crippen LogP contribution in [0.1, 0.15) is 16.7 Å². The highest BCUT2D eigenvalue weighted by Crippen LogP contribution is 2.36. The number of amides is 1. The first-order chi connectivity index (χ1) is 19.4. The van der Waals surface area contributed by atoms with E-state index in [2.05, 4.69) is 5.32 Å². The summed E-state index contributed by atoms with van der Waals surface area (Å²) in [4.78, 5) is 12.5. The second kappa shape index (κ2) is 13.4. The van der Waals surface area contributed by atoms with E-state index in [9.17, 15) is 15.2 Å². The van der Waals surface area contributed by atoms with Gasteiger partial charge in [-0.05, 0) is 71.3 Å². The van der Waals surface area contributed by atoms with Gasteiger partial charge in [0.15, 0.2) is 17.2 Å². The van der Waals surface area contributed by atoms with Gasteiger partial charge >= 0.3 is 0 Å². The van der Waals surface area contributed by atoms with Crippen LogP contribution in [0.2, 0.25) is 10.0 Å². The van der Waals surface area contributed by atoms with Crippen molar-refractivity contribution in [3.63, 3.8) is 0 Å². The van der Waals surface area contributed by atoms with Crippen LogP contribution in [0.3, 0.4) is 0 Å². The maximum atomic E-state index is 12.5. The molecule has 0 aliphatic rings. The van der Waals surface area contributed by atoms with E-state index in [1.807, 2.05) is 54.6 Å². The van der Waals surface area contributed by atoms with Gasteiger partial charge in [0.25, 0.3) is 5.91 Å². The van der Waals surface area contributed by atoms with Crippen molar-refractivity contribution in [3.05, 3.63) is 117 Å². The highest BCUT2D eigenvalue weighted by Gasteiger charge is 2.14. The fraction of sp³-hybridized carbons (Fsp3) is 0.0968. The lowest BCUT2D eigenvalue weighted by atomic mass is 10.1. The molecule has 7 nitrogen and oxygen atoms in total. The Morgan fingerprint density at radius 1 is 0.900 bits per heavy atom. The van der Waals surface area contributed by atoms with Crippen LogP contribution < -0.4 is 19.5 Å². The van der Waals surface area contributed by atoms with E-state index in [0.717, 1.165) is 11.1 Å². The number of nitrogens with one attached hydrogen (secondary N) is 1. The number of benzene rings is 4. The number of aromatic hydroxyl groups is 1. The molecule has 0 radical (unpaired) electrons. The average Bonchev–Trinajstić information content (AvgIpc) is 2.96. The number of methoxy groups -OCH3 is 1. The summed E-state index contributed by atoms with van der Waals surface area (Å²) in [5.41, 5.74) is 2.56. The average molecular weight is 575 g/mol. The van der Waals surface area contributed by atoms with Gasteiger partial charge in [-0.25, -0.2) is 0 Å². The topological polar surface area (TPSA) is 101 Å². The number of hydrogen-bond acceptors (Lipinski definition) is 6. The van der Waals surface area contributed by atoms with E-state index in [-0.39, 0.29) is 33.7 Å². The summed E-state index contributed by atoms with van der Waals surface area (Å²) in [6.45, 7) is 0.563. The van der Waals surface area contributed by atoms with Gasteiger partial charge in [-0.15, -0.1) is 0 Å². The van der Waals surface area contributed by atoms with E-state index in [0.29, 0.717) is 29.4 Å². The largest absolute Gasteiger partial charge is 0.508 e. The SMILES string of the molecule is COc1cc(COc2c(Cl)cc(/C=C(\C#N)C(=O)Nc3ccc(O)cc3)cc2Cl)ccc1OCc1ccccc1. The van der Waals surface area contributed by atoms with Gasteiger partial charge in [0.2, 0.25) is 0 Å². The Kier molecular flexibility index (Phi) is 9.53. The van der Waals surface area contributed by atoms with Crippen molar-refractivity contribution in [1.29, 1.82) is 5.26 Å². The third kappa shape index (κ3) is 7.48. The zero-order chi connectivity index (χ0) is 28.5. The number of anilines is 1. The van der Waals surface area contributed by atoms with Crippen LogP contribution in [0.15, 0.2) is 90.5 Å². The minimum absolute atomic E-state index is 0.0599. The van der Waals surface area contributed by atoms with Crippen molar-refractivity contribution >= 4 is 40.9 Å². The lowest BCUT2D eigenvalue weighted by molar-refractivity contribution is -0.112. The summed E-state index contributed by atoms with van der Waals surface area (Å²) in [5.74, 6) is 0.862. The molecule has 0 saturated carbocycles. The lowest BCUT2D eigenvalue weighted by Crippen LogP contribution is -2.13. The van der Waals surface area contributed by atoms with E-state index >= 15 is 0 Å². The number of carbonyl (C=O) groups is 1. The number of hydrogen-bond donors (Lipinski definition) is 2. The summed E-state index contributed by atoms with van der Waals surface area (Å²) in [7, 11) is 1.57. The van der Waals surface area contributed by atoms with Crippen molar-refractivity contribution in [3.8, 4) is 29.1 Å². The Bertz CT molecular complexity index is 1540. The molecular weight excluding hydrogens is 551 g/mol. The van der Waals surface area contributed by atoms with Crippen molar-refractivity contribution in [2.75, 3.05) is 12.4 Å². The number of phenolic OH excluding ortho intramolecular Hbond substituents is 1. The molecule has 0 fully saturated rings. The zero-order valence-electron chi connectivity index (χ0n) is 21.4. The molecule has 2 N–H and O–H groups in total. The molecule has 0 bridgehead atoms. The summed E-state index contributed by atoms with van der Waals surface area (Å²) in [6, 6.07) is 26.2. The summed E-state index contributed by atoms with van der Waals surface area (Å²) in [5, 5.41) is 21.9. The Hall–Kier alpha value is -4.64. The highest BCUT2D eigenvalue weighted by atomic mass is 35.5. The molecule has 0 unspecified atom stereocenters. The first kappa shape index (κ1) is 28.4. The van der Waals surface area contributed by atoms with Gasteiger partial charge in [0.05, 0.1) is 17.2 Å². The molecule has 1 amide bonds. The highest BCUT2D eigenvalue weighted by molar-refractivity contribution is 6.37. The predicted molar refractivity (Wildman–Crippen MR) is 155 cm³/mol. The molecular formula is C31H24Cl2N2O5. The Morgan fingerprint density at radius 3 is 2.23 bits per heavy atom. The van der Waals surface area contributed by atoms with Gasteiger partial charge in [-0.1, -0.05) is 59.6 Å². The summed E-state index contributed by atoms with van der Waals surface area (Å²) < 4.78 is 17.3. The smallest absolute Gasteiger partial charge is 0.266 e. The molecule has 0 spiro atoms. The molecule has 0 aromatic heterocycles. The molecule has 0 saturated heterocycles. The molecule has 0 heterocycles. The Morgan fingerprint density at radius 2 is 1.57 bits per heavy atom. The fourth-order valence-electron chi connectivity index (χ4n) is 3.67. The lowest BCUT2D eigenvalue weighted by Gasteiger charge is -2.14. The second-order valence-electron chi connectivity index (χ2n) is 8.53. The van der Waals surface area contributed by atoms with E-state index in [4.69, 9.17) is 37.4 Å². The maximum absolute atomic E-state index is 12.5. The van der Waals surface area contributed by atoms with Crippen LogP contribution in [-0.4, -0.2) is 18.1 Å². The Labute approximate surface area is 241 Å². The van der Waals surface area contributed by atoms with Crippen LogP contribution in [0.5, 0.6) is 23.0 Å². The minimum Gasteiger partial charge on any atom is -0.508 e. The van der Waals surface area contributed by atoms with E-state index in [1.165, 1.54) is 30.3 Å². The number of ether oxygens (including phenoxy) is 3. The minimum atomic E-state index is -0.620. The fourth-order valence-corrected chi connectivity index (χ4v) is 4.28. The molecule has 0 aliphatic carbocycles. The predicted octanol–water partition coefficient (Wildman–Crippen LogP) is 7.41. The van der Waals surface area contributed by atoms with Crippen LogP contribution in [0.25, 0.3) is 6.08 Å². The second-order valence-corrected chi connectivity index (χ2v) is 9.35. The number of nitriles is 1. The maximum Gasteiger partial charge on any atom is 0.266 e. The van der Waals surface area contributed by atoms with E-state index in [1.54, 1.807) is 19.2 Å². The number of rotatable bonds is 10. The molecule has 4 rings (SSSR count). The van der Waals surface area contributed by atoms with Gasteiger partial charge in [-0.2, -0.15) is 5.26 Å². The van der Waals surface area contributed by atoms with Crippen molar-refractivity contribution < 1.29 is 24.1 Å². The summed E-state index contributed by atoms with van der Waals surface area (Å²) in [6.07, 6.45) is 1.37. The number of halogens is 2. The van der Waals surface area contributed by atoms with E-state index < -0.39 is 5.91 Å². The van der Waals surface area contributed by atoms with Crippen molar-refractivity contribution in [2.24, 2.45) is 0 Å². The molecule has 4 aromatic rings. The molecule has 9 heteroatoms. The number of nitrogens with zero attached hydrogens (tertiary/aromatic N) is 1. The van der Waals surface area contributed by atoms with Crippen LogP contribution in [0.4, 0.5) is 5.69 Å². The number of carbonyl (C=O) groups excluding carboxylic acids is 1. The quantitative estimate of drug-likeness (QED) is 0.116. The molecule has 40 heavy (non-hydrogen) atoms. The molecule has 202 valence electrons. The first-order valence-electron chi connectivity index (χ1n) is 12.0. The van der Waals surface area contributed by atoms with Gasteiger partial charge in [0.1, 0.15) is 30.6 Å². The third-order valence-electron chi connectivity index (χ3n) is 5.67. The van der Waals surface area contributed by atoms with Gasteiger partial charge < -0.3 is 24.6 Å². The van der Waals surface area contributed by atoms with Crippen LogP contribution in [0, 0.1) is 11.3 Å². The van der Waals surface area contributed by atoms with Crippen molar-refractivity contribution in [2.45, 2.75) is 13.2 Å². The monoisotopic (exact) mass is 574 g/mol. The van der Waals surface area contributed by atoms with Crippen LogP contribution >= 0.6 is 23.2 Å². The van der Waals surface area contributed by atoms with Gasteiger partial charge in [0, 0.05) is 5.69 Å². The van der Waals surface area contributed by atoms with Gasteiger partial charge in [-0.3, -0.25) is 4.79 Å². The van der Waals surface area contributed by atoms with Crippen molar-refractivity contribution in [1.82, 2.24) is 0 Å². The number of phenols is 1. The molecule has 0 aliphatic heterocycles. The molecule has 4 aromatic carbocycles. The standard InChI is InChI=1S/C31H24Cl2N2O5/c1-38-29-16-21(7-12-28(29)39-18-20-5-3-2-4-6-20)19-40-30-26(32)14-22(15-27(30)33)13-23(17-34)31(37)35-24-8-10-25(36)11-9-24/h2-16,36H,18-19H2,1H3,(H,35,37)/b23-13+. The Balaban J connectivity index is 1.43.